The number of ether oxygens (including phenoxy) is 3. The molecule has 6 nitrogen and oxygen atoms in total. The monoisotopic (exact) mass is 361 g/mol. The zero-order chi connectivity index (χ0) is 19.5. The van der Waals surface area contributed by atoms with Gasteiger partial charge < -0.3 is 14.2 Å². The molecule has 2 rings (SSSR count). The Hall–Kier alpha value is -2.34. The highest BCUT2D eigenvalue weighted by atomic mass is 16.6. The maximum atomic E-state index is 12.6. The number of hydrogen-bond donors (Lipinski definition) is 0. The lowest BCUT2D eigenvalue weighted by molar-refractivity contribution is -0.0610. The molecular weight excluding hydrogens is 334 g/mol. The summed E-state index contributed by atoms with van der Waals surface area (Å²) >= 11 is 0. The first-order valence-electron chi connectivity index (χ1n) is 8.56. The van der Waals surface area contributed by atoms with Crippen molar-refractivity contribution < 1.29 is 23.8 Å². The molecule has 26 heavy (non-hydrogen) atoms. The smallest absolute Gasteiger partial charge is 0.413 e. The molecule has 0 spiro atoms. The summed E-state index contributed by atoms with van der Waals surface area (Å²) in [6.07, 6.45) is 2.69. The fraction of sp³-hybridized carbons (Fsp3) is 0.500. The van der Waals surface area contributed by atoms with Crippen LogP contribution in [0.25, 0.3) is 0 Å². The predicted molar refractivity (Wildman–Crippen MR) is 98.4 cm³/mol. The van der Waals surface area contributed by atoms with Gasteiger partial charge in [0.15, 0.2) is 5.78 Å². The molecule has 0 saturated carbocycles. The van der Waals surface area contributed by atoms with E-state index in [0.29, 0.717) is 17.9 Å². The molecule has 1 aliphatic heterocycles. The van der Waals surface area contributed by atoms with Crippen LogP contribution in [0.2, 0.25) is 0 Å². The summed E-state index contributed by atoms with van der Waals surface area (Å²) in [5.41, 5.74) is -0.868. The van der Waals surface area contributed by atoms with Gasteiger partial charge >= 0.3 is 6.09 Å². The van der Waals surface area contributed by atoms with Crippen LogP contribution in [0.15, 0.2) is 36.4 Å². The van der Waals surface area contributed by atoms with Crippen molar-refractivity contribution in [3.05, 3.63) is 42.0 Å². The SMILES string of the molecule is COc1ccc(C(=O)/C=C/[C@@H]2COC(C)(C)N2C(=O)OC(C)(C)C)cc1. The van der Waals surface area contributed by atoms with Crippen LogP contribution in [0, 0.1) is 0 Å². The zero-order valence-electron chi connectivity index (χ0n) is 16.2. The Balaban J connectivity index is 2.13. The average molecular weight is 361 g/mol. The van der Waals surface area contributed by atoms with E-state index in [-0.39, 0.29) is 11.8 Å². The van der Waals surface area contributed by atoms with Crippen molar-refractivity contribution in [3.63, 3.8) is 0 Å². The van der Waals surface area contributed by atoms with Crippen molar-refractivity contribution in [1.29, 1.82) is 0 Å². The first-order valence-corrected chi connectivity index (χ1v) is 8.56. The third-order valence-corrected chi connectivity index (χ3v) is 3.95. The third kappa shape index (κ3) is 4.85. The first kappa shape index (κ1) is 20.0. The van der Waals surface area contributed by atoms with Gasteiger partial charge in [-0.05, 0) is 65.0 Å². The summed E-state index contributed by atoms with van der Waals surface area (Å²) in [6.45, 7) is 9.34. The maximum Gasteiger partial charge on any atom is 0.413 e. The summed E-state index contributed by atoms with van der Waals surface area (Å²) in [5, 5.41) is 0. The van der Waals surface area contributed by atoms with E-state index in [1.165, 1.54) is 11.0 Å². The summed E-state index contributed by atoms with van der Waals surface area (Å²) in [5.74, 6) is 0.536. The molecule has 0 N–H and O–H groups in total. The maximum absolute atomic E-state index is 12.6. The number of ketones is 1. The minimum absolute atomic E-state index is 0.151. The number of carbonyl (C=O) groups excluding carboxylic acids is 2. The van der Waals surface area contributed by atoms with Gasteiger partial charge in [0.1, 0.15) is 17.1 Å². The summed E-state index contributed by atoms with van der Waals surface area (Å²) < 4.78 is 16.3. The van der Waals surface area contributed by atoms with E-state index >= 15 is 0 Å². The number of rotatable bonds is 4. The van der Waals surface area contributed by atoms with Gasteiger partial charge in [0.25, 0.3) is 0 Å². The van der Waals surface area contributed by atoms with Crippen LogP contribution in [0.4, 0.5) is 4.79 Å². The van der Waals surface area contributed by atoms with E-state index in [1.807, 2.05) is 20.8 Å². The lowest BCUT2D eigenvalue weighted by Gasteiger charge is -2.34. The van der Waals surface area contributed by atoms with Gasteiger partial charge in [-0.3, -0.25) is 9.69 Å². The Labute approximate surface area is 154 Å². The Kier molecular flexibility index (Phi) is 5.76. The van der Waals surface area contributed by atoms with Crippen LogP contribution >= 0.6 is 0 Å². The van der Waals surface area contributed by atoms with E-state index < -0.39 is 17.4 Å². The number of carbonyl (C=O) groups is 2. The summed E-state index contributed by atoms with van der Waals surface area (Å²) in [7, 11) is 1.57. The summed E-state index contributed by atoms with van der Waals surface area (Å²) in [4.78, 5) is 26.5. The van der Waals surface area contributed by atoms with Gasteiger partial charge in [0.05, 0.1) is 19.8 Å². The minimum atomic E-state index is -0.805. The average Bonchev–Trinajstić information content (AvgIpc) is 2.85. The van der Waals surface area contributed by atoms with Crippen LogP contribution in [-0.4, -0.2) is 47.9 Å². The molecule has 0 bridgehead atoms. The van der Waals surface area contributed by atoms with E-state index in [1.54, 1.807) is 51.3 Å². The van der Waals surface area contributed by atoms with Crippen molar-refractivity contribution in [1.82, 2.24) is 4.90 Å². The molecule has 0 radical (unpaired) electrons. The molecule has 1 fully saturated rings. The highest BCUT2D eigenvalue weighted by Crippen LogP contribution is 2.30. The number of amides is 1. The fourth-order valence-electron chi connectivity index (χ4n) is 2.69. The minimum Gasteiger partial charge on any atom is -0.497 e. The molecule has 1 amide bonds. The van der Waals surface area contributed by atoms with Gasteiger partial charge in [-0.1, -0.05) is 6.08 Å². The van der Waals surface area contributed by atoms with Crippen molar-refractivity contribution in [3.8, 4) is 5.75 Å². The normalized spacial score (nSPS) is 19.6. The predicted octanol–water partition coefficient (Wildman–Crippen LogP) is 3.81. The molecule has 1 saturated heterocycles. The molecule has 0 aliphatic carbocycles. The zero-order valence-corrected chi connectivity index (χ0v) is 16.2. The number of benzene rings is 1. The van der Waals surface area contributed by atoms with E-state index in [9.17, 15) is 9.59 Å². The highest BCUT2D eigenvalue weighted by Gasteiger charge is 2.44. The molecule has 0 unspecified atom stereocenters. The largest absolute Gasteiger partial charge is 0.497 e. The molecule has 1 aliphatic rings. The lowest BCUT2D eigenvalue weighted by Crippen LogP contribution is -2.49. The Morgan fingerprint density at radius 1 is 1.23 bits per heavy atom. The lowest BCUT2D eigenvalue weighted by atomic mass is 10.1. The molecule has 1 aromatic carbocycles. The quantitative estimate of drug-likeness (QED) is 0.603. The van der Waals surface area contributed by atoms with Gasteiger partial charge in [-0.15, -0.1) is 0 Å². The van der Waals surface area contributed by atoms with Gasteiger partial charge in [-0.25, -0.2) is 4.79 Å². The fourth-order valence-corrected chi connectivity index (χ4v) is 2.69. The van der Waals surface area contributed by atoms with Gasteiger partial charge in [0.2, 0.25) is 0 Å². The number of hydrogen-bond acceptors (Lipinski definition) is 5. The molecule has 1 heterocycles. The Morgan fingerprint density at radius 3 is 2.38 bits per heavy atom. The Bertz CT molecular complexity index is 685. The standard InChI is InChI=1S/C20H27NO5/c1-19(2,3)26-18(23)21-15(13-25-20(21,4)5)9-12-17(22)14-7-10-16(24-6)11-8-14/h7-12,15H,13H2,1-6H3/b12-9+/t15-/m1/s1. The molecule has 1 atom stereocenters. The van der Waals surface area contributed by atoms with Gasteiger partial charge in [-0.2, -0.15) is 0 Å². The highest BCUT2D eigenvalue weighted by molar-refractivity contribution is 6.04. The molecule has 0 aromatic heterocycles. The molecule has 6 heteroatoms. The van der Waals surface area contributed by atoms with E-state index in [4.69, 9.17) is 14.2 Å². The second kappa shape index (κ2) is 7.50. The van der Waals surface area contributed by atoms with Crippen molar-refractivity contribution in [2.24, 2.45) is 0 Å². The van der Waals surface area contributed by atoms with E-state index in [0.717, 1.165) is 0 Å². The van der Waals surface area contributed by atoms with Crippen molar-refractivity contribution in [2.75, 3.05) is 13.7 Å². The molecular formula is C20H27NO5. The van der Waals surface area contributed by atoms with Crippen LogP contribution in [-0.2, 0) is 9.47 Å². The van der Waals surface area contributed by atoms with Crippen LogP contribution in [0.1, 0.15) is 45.0 Å². The second-order valence-corrected chi connectivity index (χ2v) is 7.63. The molecule has 1 aromatic rings. The first-order chi connectivity index (χ1) is 12.0. The van der Waals surface area contributed by atoms with E-state index in [2.05, 4.69) is 0 Å². The number of methoxy groups -OCH3 is 1. The Morgan fingerprint density at radius 2 is 1.85 bits per heavy atom. The van der Waals surface area contributed by atoms with Crippen LogP contribution in [0.5, 0.6) is 5.75 Å². The van der Waals surface area contributed by atoms with Crippen molar-refractivity contribution >= 4 is 11.9 Å². The van der Waals surface area contributed by atoms with Crippen LogP contribution < -0.4 is 4.74 Å². The molecule has 142 valence electrons. The third-order valence-electron chi connectivity index (χ3n) is 3.95. The number of allylic oxidation sites excluding steroid dienone is 1. The van der Waals surface area contributed by atoms with Crippen molar-refractivity contribution in [2.45, 2.75) is 52.0 Å². The van der Waals surface area contributed by atoms with Gasteiger partial charge in [0, 0.05) is 5.56 Å². The topological polar surface area (TPSA) is 65.1 Å². The summed E-state index contributed by atoms with van der Waals surface area (Å²) in [6, 6.07) is 6.49. The van der Waals surface area contributed by atoms with Crippen LogP contribution in [0.3, 0.4) is 0 Å². The number of nitrogens with zero attached hydrogens (tertiary/aromatic N) is 1. The second-order valence-electron chi connectivity index (χ2n) is 7.63.